The number of carbonyl (C=O) groups is 3. The van der Waals surface area contributed by atoms with Gasteiger partial charge < -0.3 is 15.5 Å². The summed E-state index contributed by atoms with van der Waals surface area (Å²) in [7, 11) is 0. The van der Waals surface area contributed by atoms with Crippen LogP contribution in [-0.4, -0.2) is 39.1 Å². The van der Waals surface area contributed by atoms with Crippen molar-refractivity contribution >= 4 is 17.8 Å². The molecule has 1 aromatic heterocycles. The number of amides is 1. The largest absolute Gasteiger partial charge is 0.479 e. The van der Waals surface area contributed by atoms with Gasteiger partial charge in [-0.2, -0.15) is 0 Å². The molecule has 0 aromatic carbocycles. The highest BCUT2D eigenvalue weighted by atomic mass is 19.1. The molecule has 0 bridgehead atoms. The molecule has 0 unspecified atom stereocenters. The van der Waals surface area contributed by atoms with Crippen molar-refractivity contribution in [2.24, 2.45) is 0 Å². The molecule has 0 saturated heterocycles. The number of carboxylic acids is 2. The molecule has 0 saturated carbocycles. The maximum atomic E-state index is 12.5. The SMILES string of the molecule is O=C(Cc1ccc(F)cn1)NC(C(=O)O)C(=O)O. The summed E-state index contributed by atoms with van der Waals surface area (Å²) in [5, 5.41) is 18.9. The van der Waals surface area contributed by atoms with Gasteiger partial charge in [0.2, 0.25) is 11.9 Å². The summed E-state index contributed by atoms with van der Waals surface area (Å²) in [6, 6.07) is 0.311. The van der Waals surface area contributed by atoms with Gasteiger partial charge in [-0.15, -0.1) is 0 Å². The Balaban J connectivity index is 2.63. The number of nitrogens with zero attached hydrogens (tertiary/aromatic N) is 1. The Kier molecular flexibility index (Phi) is 4.30. The first kappa shape index (κ1) is 13.6. The van der Waals surface area contributed by atoms with Gasteiger partial charge in [-0.1, -0.05) is 0 Å². The third-order valence-corrected chi connectivity index (χ3v) is 1.93. The predicted octanol–water partition coefficient (Wildman–Crippen LogP) is -0.583. The number of nitrogens with one attached hydrogen (secondary N) is 1. The summed E-state index contributed by atoms with van der Waals surface area (Å²) < 4.78 is 12.5. The summed E-state index contributed by atoms with van der Waals surface area (Å²) in [5.41, 5.74) is 0.198. The van der Waals surface area contributed by atoms with Gasteiger partial charge in [0.1, 0.15) is 5.82 Å². The molecule has 18 heavy (non-hydrogen) atoms. The van der Waals surface area contributed by atoms with Gasteiger partial charge in [0, 0.05) is 5.69 Å². The monoisotopic (exact) mass is 256 g/mol. The summed E-state index contributed by atoms with van der Waals surface area (Å²) >= 11 is 0. The Morgan fingerprint density at radius 3 is 2.33 bits per heavy atom. The van der Waals surface area contributed by atoms with Crippen molar-refractivity contribution in [3.63, 3.8) is 0 Å². The summed E-state index contributed by atoms with van der Waals surface area (Å²) in [6.07, 6.45) is 0.561. The van der Waals surface area contributed by atoms with E-state index in [-0.39, 0.29) is 12.1 Å². The fourth-order valence-corrected chi connectivity index (χ4v) is 1.12. The van der Waals surface area contributed by atoms with Crippen molar-refractivity contribution < 1.29 is 29.0 Å². The second kappa shape index (κ2) is 5.71. The Morgan fingerprint density at radius 2 is 1.89 bits per heavy atom. The molecular weight excluding hydrogens is 247 g/mol. The Labute approximate surface area is 100 Å². The Morgan fingerprint density at radius 1 is 1.28 bits per heavy atom. The van der Waals surface area contributed by atoms with Gasteiger partial charge in [-0.25, -0.2) is 14.0 Å². The van der Waals surface area contributed by atoms with Gasteiger partial charge in [-0.05, 0) is 12.1 Å². The van der Waals surface area contributed by atoms with Crippen molar-refractivity contribution in [2.75, 3.05) is 0 Å². The van der Waals surface area contributed by atoms with E-state index >= 15 is 0 Å². The lowest BCUT2D eigenvalue weighted by Crippen LogP contribution is -2.47. The van der Waals surface area contributed by atoms with Crippen LogP contribution in [0, 0.1) is 5.82 Å². The fraction of sp³-hybridized carbons (Fsp3) is 0.200. The Bertz CT molecular complexity index is 460. The zero-order valence-corrected chi connectivity index (χ0v) is 8.96. The number of carboxylic acid groups (broad SMARTS) is 2. The lowest BCUT2D eigenvalue weighted by atomic mass is 10.2. The van der Waals surface area contributed by atoms with Crippen LogP contribution in [0.1, 0.15) is 5.69 Å². The minimum absolute atomic E-state index is 0.198. The smallest absolute Gasteiger partial charge is 0.338 e. The normalized spacial score (nSPS) is 10.1. The van der Waals surface area contributed by atoms with Crippen LogP contribution in [0.2, 0.25) is 0 Å². The lowest BCUT2D eigenvalue weighted by Gasteiger charge is -2.09. The van der Waals surface area contributed by atoms with E-state index in [0.717, 1.165) is 12.3 Å². The van der Waals surface area contributed by atoms with Crippen molar-refractivity contribution in [1.29, 1.82) is 0 Å². The molecule has 0 atom stereocenters. The number of hydrogen-bond acceptors (Lipinski definition) is 4. The van der Waals surface area contributed by atoms with E-state index in [9.17, 15) is 18.8 Å². The van der Waals surface area contributed by atoms with Crippen LogP contribution in [0.3, 0.4) is 0 Å². The molecule has 0 radical (unpaired) electrons. The minimum Gasteiger partial charge on any atom is -0.479 e. The molecule has 1 aromatic rings. The lowest BCUT2D eigenvalue weighted by molar-refractivity contribution is -0.153. The third kappa shape index (κ3) is 3.81. The van der Waals surface area contributed by atoms with E-state index < -0.39 is 29.7 Å². The average Bonchev–Trinajstić information content (AvgIpc) is 2.28. The number of hydrogen-bond donors (Lipinski definition) is 3. The van der Waals surface area contributed by atoms with E-state index in [1.54, 1.807) is 0 Å². The maximum Gasteiger partial charge on any atom is 0.338 e. The summed E-state index contributed by atoms with van der Waals surface area (Å²) in [4.78, 5) is 36.0. The topological polar surface area (TPSA) is 117 Å². The van der Waals surface area contributed by atoms with Crippen LogP contribution >= 0.6 is 0 Å². The van der Waals surface area contributed by atoms with Crippen molar-refractivity contribution in [1.82, 2.24) is 10.3 Å². The quantitative estimate of drug-likeness (QED) is 0.607. The van der Waals surface area contributed by atoms with Gasteiger partial charge in [-0.3, -0.25) is 9.78 Å². The predicted molar refractivity (Wildman–Crippen MR) is 55.1 cm³/mol. The molecule has 1 rings (SSSR count). The van der Waals surface area contributed by atoms with E-state index in [4.69, 9.17) is 10.2 Å². The van der Waals surface area contributed by atoms with Gasteiger partial charge in [0.05, 0.1) is 12.6 Å². The molecule has 0 aliphatic carbocycles. The first-order valence-corrected chi connectivity index (χ1v) is 4.75. The van der Waals surface area contributed by atoms with E-state index in [2.05, 4.69) is 4.98 Å². The number of aliphatic carboxylic acids is 2. The molecule has 3 N–H and O–H groups in total. The average molecular weight is 256 g/mol. The third-order valence-electron chi connectivity index (χ3n) is 1.93. The molecule has 1 heterocycles. The van der Waals surface area contributed by atoms with Crippen LogP contribution in [0.4, 0.5) is 4.39 Å². The highest BCUT2D eigenvalue weighted by Gasteiger charge is 2.27. The highest BCUT2D eigenvalue weighted by molar-refractivity contribution is 6.00. The summed E-state index contributed by atoms with van der Waals surface area (Å²) in [5.74, 6) is -4.76. The van der Waals surface area contributed by atoms with Crippen molar-refractivity contribution in [3.05, 3.63) is 29.8 Å². The van der Waals surface area contributed by atoms with Crippen LogP contribution in [-0.2, 0) is 20.8 Å². The van der Waals surface area contributed by atoms with Gasteiger partial charge in [0.15, 0.2) is 0 Å². The number of aromatic nitrogens is 1. The molecule has 1 amide bonds. The summed E-state index contributed by atoms with van der Waals surface area (Å²) in [6.45, 7) is 0. The van der Waals surface area contributed by atoms with Crippen molar-refractivity contribution in [3.8, 4) is 0 Å². The molecule has 0 aliphatic rings. The van der Waals surface area contributed by atoms with Crippen LogP contribution in [0.5, 0.6) is 0 Å². The van der Waals surface area contributed by atoms with Gasteiger partial charge >= 0.3 is 11.9 Å². The number of pyridine rings is 1. The number of carbonyl (C=O) groups excluding carboxylic acids is 1. The van der Waals surface area contributed by atoms with E-state index in [0.29, 0.717) is 0 Å². The minimum atomic E-state index is -2.02. The molecule has 0 fully saturated rings. The van der Waals surface area contributed by atoms with E-state index in [1.165, 1.54) is 6.07 Å². The van der Waals surface area contributed by atoms with Crippen molar-refractivity contribution in [2.45, 2.75) is 12.5 Å². The standard InChI is InChI=1S/C10H9FN2O5/c11-5-1-2-6(12-4-5)3-7(14)13-8(9(15)16)10(17)18/h1-2,4,8H,3H2,(H,13,14)(H,15,16)(H,17,18). The zero-order valence-electron chi connectivity index (χ0n) is 8.96. The first-order chi connectivity index (χ1) is 8.40. The molecule has 0 aliphatic heterocycles. The maximum absolute atomic E-state index is 12.5. The Hall–Kier alpha value is -2.51. The highest BCUT2D eigenvalue weighted by Crippen LogP contribution is 1.99. The molecule has 7 nitrogen and oxygen atoms in total. The van der Waals surface area contributed by atoms with Crippen LogP contribution in [0.25, 0.3) is 0 Å². The molecule has 0 spiro atoms. The zero-order chi connectivity index (χ0) is 13.7. The van der Waals surface area contributed by atoms with E-state index in [1.807, 2.05) is 5.32 Å². The van der Waals surface area contributed by atoms with Crippen LogP contribution < -0.4 is 5.32 Å². The first-order valence-electron chi connectivity index (χ1n) is 4.75. The molecule has 8 heteroatoms. The number of halogens is 1. The second-order valence-electron chi connectivity index (χ2n) is 3.32. The fourth-order valence-electron chi connectivity index (χ4n) is 1.12. The molecule has 96 valence electrons. The number of rotatable bonds is 5. The second-order valence-corrected chi connectivity index (χ2v) is 3.32. The molecular formula is C10H9FN2O5. The van der Waals surface area contributed by atoms with Gasteiger partial charge in [0.25, 0.3) is 0 Å². The van der Waals surface area contributed by atoms with Crippen LogP contribution in [0.15, 0.2) is 18.3 Å².